The van der Waals surface area contributed by atoms with Crippen LogP contribution in [0.4, 0.5) is 0 Å². The summed E-state index contributed by atoms with van der Waals surface area (Å²) in [6.07, 6.45) is 1.06. The van der Waals surface area contributed by atoms with Crippen LogP contribution in [0.2, 0.25) is 0 Å². The molecule has 1 aromatic rings. The van der Waals surface area contributed by atoms with Gasteiger partial charge in [-0.1, -0.05) is 28.1 Å². The fourth-order valence-electron chi connectivity index (χ4n) is 1.52. The quantitative estimate of drug-likeness (QED) is 0.612. The predicted octanol–water partition coefficient (Wildman–Crippen LogP) is 0.710. The molecule has 21 heavy (non-hydrogen) atoms. The van der Waals surface area contributed by atoms with Crippen molar-refractivity contribution in [2.24, 2.45) is 5.73 Å². The van der Waals surface area contributed by atoms with Crippen LogP contribution in [-0.4, -0.2) is 33.7 Å². The first-order valence-corrected chi connectivity index (χ1v) is 8.59. The summed E-state index contributed by atoms with van der Waals surface area (Å²) in [6.45, 7) is 1.91. The van der Waals surface area contributed by atoms with E-state index in [1.807, 2.05) is 0 Å². The van der Waals surface area contributed by atoms with E-state index in [-0.39, 0.29) is 31.4 Å². The molecule has 0 radical (unpaired) electrons. The number of carbonyl (C=O) groups is 1. The Morgan fingerprint density at radius 1 is 1.29 bits per heavy atom. The summed E-state index contributed by atoms with van der Waals surface area (Å²) in [5.41, 5.74) is 5.53. The molecule has 4 N–H and O–H groups in total. The van der Waals surface area contributed by atoms with Gasteiger partial charge in [0, 0.05) is 17.6 Å². The van der Waals surface area contributed by atoms with Crippen LogP contribution < -0.4 is 15.8 Å². The van der Waals surface area contributed by atoms with Crippen molar-refractivity contribution in [2.45, 2.75) is 12.5 Å². The Kier molecular flexibility index (Phi) is 7.83. The lowest BCUT2D eigenvalue weighted by atomic mass is 9.92. The molecule has 1 atom stereocenters. The molecule has 0 aliphatic heterocycles. The van der Waals surface area contributed by atoms with E-state index in [1.165, 1.54) is 0 Å². The minimum Gasteiger partial charge on any atom is -0.353 e. The number of rotatable bonds is 6. The van der Waals surface area contributed by atoms with E-state index >= 15 is 0 Å². The summed E-state index contributed by atoms with van der Waals surface area (Å²) in [7, 11) is -3.25. The number of halogens is 2. The van der Waals surface area contributed by atoms with E-state index in [1.54, 1.807) is 31.2 Å². The number of hydrogen-bond acceptors (Lipinski definition) is 4. The first-order valence-electron chi connectivity index (χ1n) is 5.91. The third-order valence-corrected chi connectivity index (χ3v) is 3.95. The van der Waals surface area contributed by atoms with Gasteiger partial charge in [0.1, 0.15) is 5.54 Å². The van der Waals surface area contributed by atoms with Crippen molar-refractivity contribution in [2.75, 3.05) is 19.3 Å². The maximum Gasteiger partial charge on any atom is 0.244 e. The SMILES string of the molecule is CC(N)(C(=O)NCCNS(C)(=O)=O)c1ccc(Br)cc1.Cl. The second-order valence-corrected chi connectivity index (χ2v) is 7.38. The van der Waals surface area contributed by atoms with Crippen molar-refractivity contribution in [3.8, 4) is 0 Å². The highest BCUT2D eigenvalue weighted by Crippen LogP contribution is 2.20. The van der Waals surface area contributed by atoms with Crippen LogP contribution in [0.1, 0.15) is 12.5 Å². The van der Waals surface area contributed by atoms with E-state index in [2.05, 4.69) is 26.0 Å². The number of sulfonamides is 1. The average molecular weight is 401 g/mol. The van der Waals surface area contributed by atoms with Crippen molar-refractivity contribution in [3.05, 3.63) is 34.3 Å². The van der Waals surface area contributed by atoms with Crippen LogP contribution in [0.3, 0.4) is 0 Å². The third kappa shape index (κ3) is 6.75. The number of nitrogens with two attached hydrogens (primary N) is 1. The van der Waals surface area contributed by atoms with Gasteiger partial charge in [0.15, 0.2) is 0 Å². The predicted molar refractivity (Wildman–Crippen MR) is 88.8 cm³/mol. The van der Waals surface area contributed by atoms with Gasteiger partial charge in [-0.3, -0.25) is 4.79 Å². The summed E-state index contributed by atoms with van der Waals surface area (Å²) in [4.78, 5) is 12.0. The highest BCUT2D eigenvalue weighted by atomic mass is 79.9. The molecule has 1 aromatic carbocycles. The molecule has 9 heteroatoms. The molecule has 0 aliphatic carbocycles. The Morgan fingerprint density at radius 3 is 2.29 bits per heavy atom. The second kappa shape index (κ2) is 8.09. The molecule has 0 fully saturated rings. The maximum absolute atomic E-state index is 12.0. The molecule has 0 saturated carbocycles. The standard InChI is InChI=1S/C12H18BrN3O3S.ClH/c1-12(14,9-3-5-10(13)6-4-9)11(17)15-7-8-16-20(2,18)19;/h3-6,16H,7-8,14H2,1-2H3,(H,15,17);1H. The summed E-state index contributed by atoms with van der Waals surface area (Å²) >= 11 is 3.31. The zero-order valence-corrected chi connectivity index (χ0v) is 14.9. The lowest BCUT2D eigenvalue weighted by molar-refractivity contribution is -0.126. The molecule has 0 saturated heterocycles. The summed E-state index contributed by atoms with van der Waals surface area (Å²) in [5, 5.41) is 2.61. The Balaban J connectivity index is 0.00000400. The van der Waals surface area contributed by atoms with Crippen molar-refractivity contribution in [3.63, 3.8) is 0 Å². The highest BCUT2D eigenvalue weighted by Gasteiger charge is 2.30. The largest absolute Gasteiger partial charge is 0.353 e. The van der Waals surface area contributed by atoms with Gasteiger partial charge >= 0.3 is 0 Å². The first-order chi connectivity index (χ1) is 9.13. The van der Waals surface area contributed by atoms with Gasteiger partial charge in [0.05, 0.1) is 6.26 Å². The number of nitrogens with one attached hydrogen (secondary N) is 2. The molecule has 1 rings (SSSR count). The topological polar surface area (TPSA) is 101 Å². The molecular formula is C12H19BrClN3O3S. The van der Waals surface area contributed by atoms with Gasteiger partial charge in [0.25, 0.3) is 0 Å². The third-order valence-electron chi connectivity index (χ3n) is 2.69. The van der Waals surface area contributed by atoms with Crippen molar-refractivity contribution >= 4 is 44.3 Å². The van der Waals surface area contributed by atoms with E-state index in [0.29, 0.717) is 5.56 Å². The molecule has 1 unspecified atom stereocenters. The molecule has 6 nitrogen and oxygen atoms in total. The molecule has 0 spiro atoms. The Labute approximate surface area is 139 Å². The molecule has 0 bridgehead atoms. The first kappa shape index (κ1) is 20.3. The molecule has 1 amide bonds. The van der Waals surface area contributed by atoms with Gasteiger partial charge in [-0.05, 0) is 24.6 Å². The van der Waals surface area contributed by atoms with E-state index < -0.39 is 15.6 Å². The fourth-order valence-corrected chi connectivity index (χ4v) is 2.26. The van der Waals surface area contributed by atoms with Crippen molar-refractivity contribution in [1.82, 2.24) is 10.0 Å². The van der Waals surface area contributed by atoms with Crippen LogP contribution in [0, 0.1) is 0 Å². The Bertz CT molecular complexity index is 576. The average Bonchev–Trinajstić information content (AvgIpc) is 2.33. The Hall–Kier alpha value is -0.670. The van der Waals surface area contributed by atoms with Crippen LogP contribution >= 0.6 is 28.3 Å². The number of amides is 1. The minimum atomic E-state index is -3.25. The monoisotopic (exact) mass is 399 g/mol. The zero-order chi connectivity index (χ0) is 15.4. The van der Waals surface area contributed by atoms with Gasteiger partial charge < -0.3 is 11.1 Å². The lowest BCUT2D eigenvalue weighted by Crippen LogP contribution is -2.50. The van der Waals surface area contributed by atoms with Crippen molar-refractivity contribution in [1.29, 1.82) is 0 Å². The number of hydrogen-bond donors (Lipinski definition) is 3. The lowest BCUT2D eigenvalue weighted by Gasteiger charge is -2.24. The smallest absolute Gasteiger partial charge is 0.244 e. The van der Waals surface area contributed by atoms with Crippen LogP contribution in [0.25, 0.3) is 0 Å². The van der Waals surface area contributed by atoms with Crippen LogP contribution in [-0.2, 0) is 20.4 Å². The number of carbonyl (C=O) groups excluding carboxylic acids is 1. The normalized spacial score (nSPS) is 13.9. The summed E-state index contributed by atoms with van der Waals surface area (Å²) in [6, 6.07) is 7.13. The van der Waals surface area contributed by atoms with Gasteiger partial charge in [0.2, 0.25) is 15.9 Å². The molecular weight excluding hydrogens is 382 g/mol. The van der Waals surface area contributed by atoms with Crippen LogP contribution in [0.5, 0.6) is 0 Å². The molecule has 0 aromatic heterocycles. The van der Waals surface area contributed by atoms with E-state index in [9.17, 15) is 13.2 Å². The molecule has 0 aliphatic rings. The van der Waals surface area contributed by atoms with E-state index in [0.717, 1.165) is 10.7 Å². The number of benzene rings is 1. The van der Waals surface area contributed by atoms with Gasteiger partial charge in [-0.25, -0.2) is 13.1 Å². The van der Waals surface area contributed by atoms with Gasteiger partial charge in [-0.2, -0.15) is 0 Å². The molecule has 0 heterocycles. The molecule has 120 valence electrons. The fraction of sp³-hybridized carbons (Fsp3) is 0.417. The Morgan fingerprint density at radius 2 is 1.81 bits per heavy atom. The van der Waals surface area contributed by atoms with Crippen molar-refractivity contribution < 1.29 is 13.2 Å². The minimum absolute atomic E-state index is 0. The summed E-state index contributed by atoms with van der Waals surface area (Å²) in [5.74, 6) is -0.366. The summed E-state index contributed by atoms with van der Waals surface area (Å²) < 4.78 is 24.9. The highest BCUT2D eigenvalue weighted by molar-refractivity contribution is 9.10. The maximum atomic E-state index is 12.0. The van der Waals surface area contributed by atoms with E-state index in [4.69, 9.17) is 5.73 Å². The second-order valence-electron chi connectivity index (χ2n) is 4.63. The zero-order valence-electron chi connectivity index (χ0n) is 11.7. The van der Waals surface area contributed by atoms with Crippen LogP contribution in [0.15, 0.2) is 28.7 Å². The van der Waals surface area contributed by atoms with Gasteiger partial charge in [-0.15, -0.1) is 12.4 Å².